The number of phenols is 1. The minimum absolute atomic E-state index is 0.166. The lowest BCUT2D eigenvalue weighted by Gasteiger charge is -2.35. The van der Waals surface area contributed by atoms with Crippen molar-refractivity contribution in [2.24, 2.45) is 0 Å². The number of phenolic OH excluding ortho intramolecular Hbond substituents is 1. The normalized spacial score (nSPS) is 16.0. The van der Waals surface area contributed by atoms with Gasteiger partial charge in [-0.1, -0.05) is 29.8 Å². The lowest BCUT2D eigenvalue weighted by molar-refractivity contribution is 0.246. The van der Waals surface area contributed by atoms with Gasteiger partial charge in [-0.25, -0.2) is 9.97 Å². The third-order valence-corrected chi connectivity index (χ3v) is 4.10. The molecule has 0 unspecified atom stereocenters. The Kier molecular flexibility index (Phi) is 4.66. The maximum Gasteiger partial charge on any atom is 0.225 e. The lowest BCUT2D eigenvalue weighted by atomic mass is 10.1. The van der Waals surface area contributed by atoms with E-state index in [2.05, 4.69) is 19.8 Å². The molecule has 1 fully saturated rings. The van der Waals surface area contributed by atoms with Crippen LogP contribution in [0.25, 0.3) is 0 Å². The number of piperazine rings is 1. The van der Waals surface area contributed by atoms with Gasteiger partial charge in [0.1, 0.15) is 16.7 Å². The molecule has 1 N–H and O–H groups in total. The number of halogens is 2. The van der Waals surface area contributed by atoms with Crippen molar-refractivity contribution in [1.82, 2.24) is 14.9 Å². The number of hydrogen-bond acceptors (Lipinski definition) is 5. The van der Waals surface area contributed by atoms with Crippen LogP contribution < -0.4 is 4.90 Å². The van der Waals surface area contributed by atoms with Gasteiger partial charge in [0, 0.05) is 44.4 Å². The molecule has 0 spiro atoms. The van der Waals surface area contributed by atoms with E-state index in [4.69, 9.17) is 23.2 Å². The van der Waals surface area contributed by atoms with Gasteiger partial charge in [0.2, 0.25) is 5.28 Å². The van der Waals surface area contributed by atoms with Crippen LogP contribution in [0.1, 0.15) is 5.56 Å². The van der Waals surface area contributed by atoms with E-state index in [1.165, 1.54) is 0 Å². The maximum atomic E-state index is 9.85. The molecule has 0 amide bonds. The zero-order valence-corrected chi connectivity index (χ0v) is 13.4. The molecule has 7 heteroatoms. The first-order valence-corrected chi connectivity index (χ1v) is 7.81. The smallest absolute Gasteiger partial charge is 0.225 e. The molecule has 0 atom stereocenters. The lowest BCUT2D eigenvalue weighted by Crippen LogP contribution is -2.46. The summed E-state index contributed by atoms with van der Waals surface area (Å²) in [4.78, 5) is 12.5. The Bertz CT molecular complexity index is 639. The molecule has 1 saturated heterocycles. The van der Waals surface area contributed by atoms with Crippen LogP contribution in [0.3, 0.4) is 0 Å². The van der Waals surface area contributed by atoms with E-state index in [9.17, 15) is 5.11 Å². The van der Waals surface area contributed by atoms with Crippen LogP contribution >= 0.6 is 23.2 Å². The number of aromatic hydroxyl groups is 1. The van der Waals surface area contributed by atoms with Crippen molar-refractivity contribution >= 4 is 29.0 Å². The monoisotopic (exact) mass is 338 g/mol. The van der Waals surface area contributed by atoms with Crippen molar-refractivity contribution in [3.8, 4) is 5.75 Å². The van der Waals surface area contributed by atoms with Gasteiger partial charge < -0.3 is 10.0 Å². The molecule has 1 aromatic carbocycles. The predicted molar refractivity (Wildman–Crippen MR) is 87.6 cm³/mol. The number of anilines is 1. The van der Waals surface area contributed by atoms with Crippen molar-refractivity contribution in [3.63, 3.8) is 0 Å². The van der Waals surface area contributed by atoms with E-state index in [-0.39, 0.29) is 5.28 Å². The summed E-state index contributed by atoms with van der Waals surface area (Å²) < 4.78 is 0. The molecule has 2 aromatic rings. The highest BCUT2D eigenvalue weighted by Crippen LogP contribution is 2.22. The van der Waals surface area contributed by atoms with E-state index < -0.39 is 0 Å². The van der Waals surface area contributed by atoms with Gasteiger partial charge >= 0.3 is 0 Å². The fourth-order valence-corrected chi connectivity index (χ4v) is 2.96. The van der Waals surface area contributed by atoms with Crippen LogP contribution in [0.4, 0.5) is 5.82 Å². The minimum Gasteiger partial charge on any atom is -0.508 e. The summed E-state index contributed by atoms with van der Waals surface area (Å²) in [5, 5.41) is 10.4. The summed E-state index contributed by atoms with van der Waals surface area (Å²) in [6, 6.07) is 9.17. The Morgan fingerprint density at radius 3 is 2.45 bits per heavy atom. The van der Waals surface area contributed by atoms with Crippen LogP contribution in [0.2, 0.25) is 10.4 Å². The Balaban J connectivity index is 1.62. The second kappa shape index (κ2) is 6.69. The van der Waals surface area contributed by atoms with E-state index >= 15 is 0 Å². The molecule has 1 aromatic heterocycles. The van der Waals surface area contributed by atoms with Gasteiger partial charge in [-0.3, -0.25) is 4.90 Å². The third kappa shape index (κ3) is 3.61. The Morgan fingerprint density at radius 2 is 1.77 bits per heavy atom. The molecule has 0 bridgehead atoms. The van der Waals surface area contributed by atoms with Crippen LogP contribution in [-0.2, 0) is 6.54 Å². The van der Waals surface area contributed by atoms with Gasteiger partial charge in [-0.2, -0.15) is 0 Å². The fraction of sp³-hybridized carbons (Fsp3) is 0.333. The van der Waals surface area contributed by atoms with Crippen LogP contribution in [0, 0.1) is 0 Å². The first-order valence-electron chi connectivity index (χ1n) is 7.06. The van der Waals surface area contributed by atoms with Crippen LogP contribution in [0.5, 0.6) is 5.75 Å². The first kappa shape index (κ1) is 15.3. The minimum atomic E-state index is 0.166. The molecular weight excluding hydrogens is 323 g/mol. The molecule has 2 heterocycles. The molecular formula is C15H16Cl2N4O. The quantitative estimate of drug-likeness (QED) is 0.688. The fourth-order valence-electron chi connectivity index (χ4n) is 2.56. The van der Waals surface area contributed by atoms with Crippen molar-refractivity contribution in [2.75, 3.05) is 31.1 Å². The number of nitrogens with zero attached hydrogens (tertiary/aromatic N) is 4. The number of hydrogen-bond donors (Lipinski definition) is 1. The molecule has 1 aliphatic heterocycles. The van der Waals surface area contributed by atoms with Crippen molar-refractivity contribution in [1.29, 1.82) is 0 Å². The van der Waals surface area contributed by atoms with Gasteiger partial charge in [0.05, 0.1) is 0 Å². The molecule has 0 saturated carbocycles. The Hall–Kier alpha value is -1.56. The van der Waals surface area contributed by atoms with Gasteiger partial charge in [0.25, 0.3) is 0 Å². The summed E-state index contributed by atoms with van der Waals surface area (Å²) in [6.45, 7) is 4.17. The number of benzene rings is 1. The van der Waals surface area contributed by atoms with Gasteiger partial charge in [-0.15, -0.1) is 0 Å². The van der Waals surface area contributed by atoms with Gasteiger partial charge in [-0.05, 0) is 17.7 Å². The summed E-state index contributed by atoms with van der Waals surface area (Å²) in [5.74, 6) is 1.10. The Labute approximate surface area is 139 Å². The van der Waals surface area contributed by atoms with Gasteiger partial charge in [0.15, 0.2) is 0 Å². The molecule has 0 radical (unpaired) electrons. The highest BCUT2D eigenvalue weighted by Gasteiger charge is 2.19. The van der Waals surface area contributed by atoms with Crippen molar-refractivity contribution in [2.45, 2.75) is 6.54 Å². The third-order valence-electron chi connectivity index (χ3n) is 3.74. The first-order chi connectivity index (χ1) is 10.6. The van der Waals surface area contributed by atoms with E-state index in [1.54, 1.807) is 12.1 Å². The molecule has 0 aliphatic carbocycles. The average molecular weight is 339 g/mol. The highest BCUT2D eigenvalue weighted by atomic mass is 35.5. The molecule has 1 aliphatic rings. The van der Waals surface area contributed by atoms with Crippen molar-refractivity contribution in [3.05, 3.63) is 46.3 Å². The summed E-state index contributed by atoms with van der Waals surface area (Å²) in [7, 11) is 0. The molecule has 116 valence electrons. The van der Waals surface area contributed by atoms with E-state index in [1.807, 2.05) is 18.2 Å². The average Bonchev–Trinajstić information content (AvgIpc) is 2.49. The zero-order chi connectivity index (χ0) is 15.5. The standard InChI is InChI=1S/C15H16Cl2N4O/c16-13-9-14(19-15(17)18-13)21-7-5-20(6-8-21)10-11-3-1-2-4-12(11)22/h1-4,9,22H,5-8,10H2. The van der Waals surface area contributed by atoms with Crippen LogP contribution in [-0.4, -0.2) is 46.2 Å². The molecule has 22 heavy (non-hydrogen) atoms. The summed E-state index contributed by atoms with van der Waals surface area (Å²) in [5.41, 5.74) is 0.948. The van der Waals surface area contributed by atoms with Crippen LogP contribution in [0.15, 0.2) is 30.3 Å². The second-order valence-corrected chi connectivity index (χ2v) is 5.94. The number of para-hydroxylation sites is 1. The van der Waals surface area contributed by atoms with E-state index in [0.717, 1.165) is 44.1 Å². The molecule has 3 rings (SSSR count). The Morgan fingerprint density at radius 1 is 1.05 bits per heavy atom. The predicted octanol–water partition coefficient (Wildman–Crippen LogP) is 2.81. The number of aromatic nitrogens is 2. The highest BCUT2D eigenvalue weighted by molar-refractivity contribution is 6.32. The van der Waals surface area contributed by atoms with E-state index in [0.29, 0.717) is 10.9 Å². The van der Waals surface area contributed by atoms with Crippen molar-refractivity contribution < 1.29 is 5.11 Å². The summed E-state index contributed by atoms with van der Waals surface area (Å²) in [6.07, 6.45) is 0. The molecule has 5 nitrogen and oxygen atoms in total. The maximum absolute atomic E-state index is 9.85. The number of rotatable bonds is 3. The second-order valence-electron chi connectivity index (χ2n) is 5.21. The summed E-state index contributed by atoms with van der Waals surface area (Å²) >= 11 is 11.8. The SMILES string of the molecule is Oc1ccccc1CN1CCN(c2cc(Cl)nc(Cl)n2)CC1. The topological polar surface area (TPSA) is 52.5 Å². The zero-order valence-electron chi connectivity index (χ0n) is 11.9. The largest absolute Gasteiger partial charge is 0.508 e.